The number of esters is 1. The van der Waals surface area contributed by atoms with Gasteiger partial charge in [-0.05, 0) is 17.7 Å². The van der Waals surface area contributed by atoms with Crippen LogP contribution in [-0.2, 0) is 14.9 Å². The van der Waals surface area contributed by atoms with Gasteiger partial charge >= 0.3 is 5.97 Å². The number of carbonyl (C=O) groups excluding carboxylic acids is 1. The molecule has 0 radical (unpaired) electrons. The fraction of sp³-hybridized carbons (Fsp3) is 0.417. The molecular weight excluding hydrogens is 228 g/mol. The molecule has 3 nitrogen and oxygen atoms in total. The zero-order chi connectivity index (χ0) is 12.3. The van der Waals surface area contributed by atoms with E-state index in [0.29, 0.717) is 5.02 Å². The van der Waals surface area contributed by atoms with Crippen molar-refractivity contribution in [2.45, 2.75) is 25.4 Å². The molecule has 1 aromatic carbocycles. The van der Waals surface area contributed by atoms with Gasteiger partial charge < -0.3 is 9.84 Å². The predicted octanol–water partition coefficient (Wildman–Crippen LogP) is 2.15. The largest absolute Gasteiger partial charge is 0.467 e. The highest BCUT2D eigenvalue weighted by atomic mass is 35.5. The third-order valence-corrected chi connectivity index (χ3v) is 2.91. The average molecular weight is 243 g/mol. The summed E-state index contributed by atoms with van der Waals surface area (Å²) < 4.78 is 4.53. The molecule has 0 bridgehead atoms. The number of aliphatic hydroxyl groups is 1. The molecule has 0 aromatic heterocycles. The number of halogens is 1. The minimum Gasteiger partial charge on any atom is -0.467 e. The Bertz CT molecular complexity index is 388. The van der Waals surface area contributed by atoms with E-state index < -0.39 is 17.5 Å². The van der Waals surface area contributed by atoms with Crippen LogP contribution < -0.4 is 0 Å². The van der Waals surface area contributed by atoms with Crippen LogP contribution in [0, 0.1) is 0 Å². The van der Waals surface area contributed by atoms with Crippen LogP contribution in [0.4, 0.5) is 0 Å². The van der Waals surface area contributed by atoms with Gasteiger partial charge in [0.2, 0.25) is 0 Å². The van der Waals surface area contributed by atoms with Gasteiger partial charge in [-0.1, -0.05) is 37.6 Å². The molecule has 0 aliphatic rings. The van der Waals surface area contributed by atoms with Crippen molar-refractivity contribution >= 4 is 17.6 Å². The van der Waals surface area contributed by atoms with E-state index in [2.05, 4.69) is 4.74 Å². The highest BCUT2D eigenvalue weighted by molar-refractivity contribution is 6.30. The molecule has 0 fully saturated rings. The van der Waals surface area contributed by atoms with Crippen LogP contribution >= 0.6 is 11.6 Å². The molecule has 0 saturated heterocycles. The number of hydrogen-bond acceptors (Lipinski definition) is 3. The first kappa shape index (κ1) is 13.0. The topological polar surface area (TPSA) is 46.5 Å². The first-order valence-electron chi connectivity index (χ1n) is 4.91. The SMILES string of the molecule is COC(=O)C(O)C(C)(C)c1cccc(Cl)c1. The van der Waals surface area contributed by atoms with Crippen LogP contribution in [-0.4, -0.2) is 24.3 Å². The van der Waals surface area contributed by atoms with Crippen LogP contribution in [0.25, 0.3) is 0 Å². The second-order valence-electron chi connectivity index (χ2n) is 4.16. The minimum absolute atomic E-state index is 0.572. The summed E-state index contributed by atoms with van der Waals surface area (Å²) >= 11 is 5.87. The van der Waals surface area contributed by atoms with Gasteiger partial charge in [0.25, 0.3) is 0 Å². The molecule has 1 aromatic rings. The molecule has 0 aliphatic heterocycles. The van der Waals surface area contributed by atoms with E-state index in [1.54, 1.807) is 32.0 Å². The summed E-state index contributed by atoms with van der Waals surface area (Å²) in [5, 5.41) is 10.4. The molecular formula is C12H15ClO3. The number of ether oxygens (including phenoxy) is 1. The Balaban J connectivity index is 3.05. The van der Waals surface area contributed by atoms with E-state index in [0.717, 1.165) is 5.56 Å². The average Bonchev–Trinajstić information content (AvgIpc) is 2.27. The van der Waals surface area contributed by atoms with Crippen molar-refractivity contribution in [1.82, 2.24) is 0 Å². The lowest BCUT2D eigenvalue weighted by Gasteiger charge is -2.29. The molecule has 0 aliphatic carbocycles. The van der Waals surface area contributed by atoms with Crippen molar-refractivity contribution in [1.29, 1.82) is 0 Å². The molecule has 1 unspecified atom stereocenters. The number of aliphatic hydroxyl groups excluding tert-OH is 1. The van der Waals surface area contributed by atoms with Gasteiger partial charge in [-0.3, -0.25) is 0 Å². The van der Waals surface area contributed by atoms with E-state index in [-0.39, 0.29) is 0 Å². The van der Waals surface area contributed by atoms with Crippen molar-refractivity contribution in [3.63, 3.8) is 0 Å². The van der Waals surface area contributed by atoms with E-state index in [9.17, 15) is 9.90 Å². The zero-order valence-electron chi connectivity index (χ0n) is 9.53. The monoisotopic (exact) mass is 242 g/mol. The van der Waals surface area contributed by atoms with Crippen LogP contribution in [0.15, 0.2) is 24.3 Å². The fourth-order valence-corrected chi connectivity index (χ4v) is 1.64. The quantitative estimate of drug-likeness (QED) is 0.827. The lowest BCUT2D eigenvalue weighted by Crippen LogP contribution is -2.40. The maximum atomic E-state index is 11.3. The second-order valence-corrected chi connectivity index (χ2v) is 4.59. The standard InChI is InChI=1S/C12H15ClO3/c1-12(2,10(14)11(15)16-3)8-5-4-6-9(13)7-8/h4-7,10,14H,1-3H3. The first-order valence-corrected chi connectivity index (χ1v) is 5.29. The van der Waals surface area contributed by atoms with Crippen LogP contribution in [0.5, 0.6) is 0 Å². The molecule has 0 spiro atoms. The van der Waals surface area contributed by atoms with Gasteiger partial charge in [0.1, 0.15) is 0 Å². The minimum atomic E-state index is -1.21. The Morgan fingerprint density at radius 1 is 1.50 bits per heavy atom. The van der Waals surface area contributed by atoms with Gasteiger partial charge in [-0.25, -0.2) is 4.79 Å². The molecule has 1 atom stereocenters. The second kappa shape index (κ2) is 4.85. The predicted molar refractivity (Wildman–Crippen MR) is 62.5 cm³/mol. The Labute approximate surface area is 100.0 Å². The summed E-state index contributed by atoms with van der Waals surface area (Å²) in [7, 11) is 1.25. The van der Waals surface area contributed by atoms with E-state index in [1.807, 2.05) is 6.07 Å². The van der Waals surface area contributed by atoms with E-state index in [4.69, 9.17) is 11.6 Å². The van der Waals surface area contributed by atoms with Crippen LogP contribution in [0.1, 0.15) is 19.4 Å². The number of benzene rings is 1. The highest BCUT2D eigenvalue weighted by Crippen LogP contribution is 2.29. The van der Waals surface area contributed by atoms with Crippen LogP contribution in [0.2, 0.25) is 5.02 Å². The number of methoxy groups -OCH3 is 1. The smallest absolute Gasteiger partial charge is 0.335 e. The summed E-state index contributed by atoms with van der Waals surface area (Å²) in [6, 6.07) is 7.07. The fourth-order valence-electron chi connectivity index (χ4n) is 1.45. The van der Waals surface area contributed by atoms with Crippen molar-refractivity contribution in [2.75, 3.05) is 7.11 Å². The highest BCUT2D eigenvalue weighted by Gasteiger charge is 2.35. The molecule has 0 saturated carbocycles. The summed E-state index contributed by atoms with van der Waals surface area (Å²) in [4.78, 5) is 11.3. The molecule has 1 rings (SSSR count). The third kappa shape index (κ3) is 2.54. The molecule has 88 valence electrons. The lowest BCUT2D eigenvalue weighted by molar-refractivity contribution is -0.153. The molecule has 0 heterocycles. The van der Waals surface area contributed by atoms with Gasteiger partial charge in [-0.2, -0.15) is 0 Å². The van der Waals surface area contributed by atoms with Gasteiger partial charge in [-0.15, -0.1) is 0 Å². The summed E-state index contributed by atoms with van der Waals surface area (Å²) in [6.07, 6.45) is -1.21. The zero-order valence-corrected chi connectivity index (χ0v) is 10.3. The Morgan fingerprint density at radius 3 is 2.62 bits per heavy atom. The Kier molecular flexibility index (Phi) is 3.94. The van der Waals surface area contributed by atoms with E-state index >= 15 is 0 Å². The van der Waals surface area contributed by atoms with Crippen LogP contribution in [0.3, 0.4) is 0 Å². The summed E-state index contributed by atoms with van der Waals surface area (Å²) in [6.45, 7) is 3.53. The van der Waals surface area contributed by atoms with E-state index in [1.165, 1.54) is 7.11 Å². The first-order chi connectivity index (χ1) is 7.39. The van der Waals surface area contributed by atoms with Crippen molar-refractivity contribution < 1.29 is 14.6 Å². The summed E-state index contributed by atoms with van der Waals surface area (Å²) in [5.74, 6) is -0.648. The lowest BCUT2D eigenvalue weighted by atomic mass is 9.79. The number of carbonyl (C=O) groups is 1. The maximum Gasteiger partial charge on any atom is 0.335 e. The molecule has 16 heavy (non-hydrogen) atoms. The molecule has 1 N–H and O–H groups in total. The molecule has 4 heteroatoms. The van der Waals surface area contributed by atoms with Crippen molar-refractivity contribution in [3.8, 4) is 0 Å². The maximum absolute atomic E-state index is 11.3. The summed E-state index contributed by atoms with van der Waals surface area (Å²) in [5.41, 5.74) is 0.0516. The van der Waals surface area contributed by atoms with Crippen molar-refractivity contribution in [3.05, 3.63) is 34.9 Å². The normalized spacial score (nSPS) is 13.3. The number of hydrogen-bond donors (Lipinski definition) is 1. The van der Waals surface area contributed by atoms with Crippen molar-refractivity contribution in [2.24, 2.45) is 0 Å². The third-order valence-electron chi connectivity index (χ3n) is 2.68. The molecule has 0 amide bonds. The Morgan fingerprint density at radius 2 is 2.12 bits per heavy atom. The van der Waals surface area contributed by atoms with Gasteiger partial charge in [0.15, 0.2) is 6.10 Å². The Hall–Kier alpha value is -1.06. The van der Waals surface area contributed by atoms with Gasteiger partial charge in [0.05, 0.1) is 7.11 Å². The number of rotatable bonds is 3. The van der Waals surface area contributed by atoms with Gasteiger partial charge in [0, 0.05) is 10.4 Å².